The molecule has 0 spiro atoms. The van der Waals surface area contributed by atoms with Crippen molar-refractivity contribution in [3.8, 4) is 0 Å². The number of hydrogen-bond donors (Lipinski definition) is 1. The van der Waals surface area contributed by atoms with Crippen LogP contribution in [0.5, 0.6) is 0 Å². The van der Waals surface area contributed by atoms with E-state index in [1.807, 2.05) is 20.9 Å². The quantitative estimate of drug-likeness (QED) is 0.900. The van der Waals surface area contributed by atoms with Crippen molar-refractivity contribution in [2.45, 2.75) is 32.3 Å². The van der Waals surface area contributed by atoms with Crippen LogP contribution in [0.3, 0.4) is 0 Å². The second kappa shape index (κ2) is 5.29. The number of aryl methyl sites for hydroxylation is 2. The van der Waals surface area contributed by atoms with Crippen LogP contribution in [0.2, 0.25) is 0 Å². The van der Waals surface area contributed by atoms with Crippen molar-refractivity contribution in [2.24, 2.45) is 7.05 Å². The third-order valence-electron chi connectivity index (χ3n) is 2.83. The Kier molecular flexibility index (Phi) is 4.52. The highest BCUT2D eigenvalue weighted by Gasteiger charge is 2.28. The number of ether oxygens (including phenoxy) is 1. The number of aliphatic hydroxyl groups is 1. The molecule has 0 aromatic carbocycles. The highest BCUT2D eigenvalue weighted by molar-refractivity contribution is 9.10. The smallest absolute Gasteiger partial charge is 0.0932 e. The number of rotatable bonds is 5. The number of nitrogens with zero attached hydrogens (tertiary/aromatic N) is 2. The summed E-state index contributed by atoms with van der Waals surface area (Å²) in [7, 11) is 3.49. The first kappa shape index (κ1) is 13.7. The molecule has 1 aromatic heterocycles. The molecule has 1 rings (SSSR count). The minimum Gasteiger partial charge on any atom is -0.387 e. The molecule has 1 aromatic rings. The van der Waals surface area contributed by atoms with Gasteiger partial charge in [-0.15, -0.1) is 0 Å². The summed E-state index contributed by atoms with van der Waals surface area (Å²) in [6.07, 6.45) is 1.19. The van der Waals surface area contributed by atoms with Crippen molar-refractivity contribution in [3.05, 3.63) is 15.9 Å². The number of hydrogen-bond acceptors (Lipinski definition) is 3. The maximum atomic E-state index is 10.3. The second-order valence-corrected chi connectivity index (χ2v) is 4.95. The van der Waals surface area contributed by atoms with Gasteiger partial charge in [0.2, 0.25) is 0 Å². The zero-order valence-electron chi connectivity index (χ0n) is 10.2. The van der Waals surface area contributed by atoms with Gasteiger partial charge in [-0.05, 0) is 29.3 Å². The number of aromatic nitrogens is 2. The van der Waals surface area contributed by atoms with E-state index in [-0.39, 0.29) is 0 Å². The number of methoxy groups -OCH3 is 1. The molecule has 0 bridgehead atoms. The molecule has 0 aliphatic rings. The normalized spacial score (nSPS) is 15.1. The maximum absolute atomic E-state index is 10.3. The molecule has 0 saturated heterocycles. The van der Waals surface area contributed by atoms with Gasteiger partial charge in [-0.1, -0.05) is 6.92 Å². The number of halogens is 1. The summed E-state index contributed by atoms with van der Waals surface area (Å²) in [5.74, 6) is 0. The predicted molar refractivity (Wildman–Crippen MR) is 66.5 cm³/mol. The van der Waals surface area contributed by atoms with Gasteiger partial charge in [0.1, 0.15) is 0 Å². The summed E-state index contributed by atoms with van der Waals surface area (Å²) in [6.45, 7) is 4.23. The molecule has 92 valence electrons. The largest absolute Gasteiger partial charge is 0.387 e. The van der Waals surface area contributed by atoms with Gasteiger partial charge in [0.05, 0.1) is 28.1 Å². The van der Waals surface area contributed by atoms with Crippen LogP contribution >= 0.6 is 15.9 Å². The summed E-state index contributed by atoms with van der Waals surface area (Å²) in [4.78, 5) is 0. The van der Waals surface area contributed by atoms with Gasteiger partial charge in [0.25, 0.3) is 0 Å². The monoisotopic (exact) mass is 290 g/mol. The summed E-state index contributed by atoms with van der Waals surface area (Å²) in [5.41, 5.74) is 1.12. The molecule has 1 N–H and O–H groups in total. The van der Waals surface area contributed by atoms with E-state index >= 15 is 0 Å². The summed E-state index contributed by atoms with van der Waals surface area (Å²) >= 11 is 3.50. The van der Waals surface area contributed by atoms with Crippen molar-refractivity contribution in [1.29, 1.82) is 0 Å². The van der Waals surface area contributed by atoms with Crippen molar-refractivity contribution in [3.63, 3.8) is 0 Å². The average molecular weight is 291 g/mol. The summed E-state index contributed by atoms with van der Waals surface area (Å²) in [6, 6.07) is 0. The van der Waals surface area contributed by atoms with Gasteiger partial charge < -0.3 is 9.84 Å². The summed E-state index contributed by atoms with van der Waals surface area (Å²) in [5, 5.41) is 14.7. The molecular weight excluding hydrogens is 272 g/mol. The van der Waals surface area contributed by atoms with Gasteiger partial charge >= 0.3 is 0 Å². The minimum absolute atomic E-state index is 0.333. The van der Waals surface area contributed by atoms with Crippen molar-refractivity contribution in [2.75, 3.05) is 13.7 Å². The van der Waals surface area contributed by atoms with Gasteiger partial charge in [-0.3, -0.25) is 4.68 Å². The molecule has 5 heteroatoms. The Morgan fingerprint density at radius 2 is 2.19 bits per heavy atom. The molecule has 0 saturated carbocycles. The van der Waals surface area contributed by atoms with E-state index in [2.05, 4.69) is 21.0 Å². The van der Waals surface area contributed by atoms with Crippen LogP contribution in [0, 0.1) is 6.92 Å². The van der Waals surface area contributed by atoms with Crippen molar-refractivity contribution >= 4 is 15.9 Å². The lowest BCUT2D eigenvalue weighted by atomic mass is 9.95. The molecule has 16 heavy (non-hydrogen) atoms. The Balaban J connectivity index is 2.93. The van der Waals surface area contributed by atoms with Gasteiger partial charge in [0.15, 0.2) is 0 Å². The van der Waals surface area contributed by atoms with E-state index in [1.54, 1.807) is 11.8 Å². The van der Waals surface area contributed by atoms with Crippen molar-refractivity contribution < 1.29 is 9.84 Å². The SMILES string of the molecule is CCC(O)(COC)Cc1c(Br)c(C)nn1C. The molecule has 0 aliphatic heterocycles. The molecule has 1 atom stereocenters. The van der Waals surface area contributed by atoms with Crippen molar-refractivity contribution in [1.82, 2.24) is 9.78 Å². The van der Waals surface area contributed by atoms with Crippen LogP contribution in [0.1, 0.15) is 24.7 Å². The molecule has 1 heterocycles. The Labute approximate surface area is 105 Å². The van der Waals surface area contributed by atoms with E-state index in [4.69, 9.17) is 4.74 Å². The fraction of sp³-hybridized carbons (Fsp3) is 0.727. The van der Waals surface area contributed by atoms with E-state index in [1.165, 1.54) is 0 Å². The third kappa shape index (κ3) is 2.84. The van der Waals surface area contributed by atoms with Crippen LogP contribution in [-0.4, -0.2) is 34.2 Å². The predicted octanol–water partition coefficient (Wildman–Crippen LogP) is 1.82. The molecular formula is C11H19BrN2O2. The van der Waals surface area contributed by atoms with E-state index in [0.717, 1.165) is 15.9 Å². The van der Waals surface area contributed by atoms with E-state index < -0.39 is 5.60 Å². The lowest BCUT2D eigenvalue weighted by Crippen LogP contribution is -2.36. The highest BCUT2D eigenvalue weighted by atomic mass is 79.9. The molecule has 1 unspecified atom stereocenters. The van der Waals surface area contributed by atoms with E-state index in [9.17, 15) is 5.11 Å². The Hall–Kier alpha value is -0.390. The van der Waals surface area contributed by atoms with Gasteiger partial charge in [-0.2, -0.15) is 5.10 Å². The lowest BCUT2D eigenvalue weighted by Gasteiger charge is -2.26. The highest BCUT2D eigenvalue weighted by Crippen LogP contribution is 2.26. The summed E-state index contributed by atoms with van der Waals surface area (Å²) < 4.78 is 7.83. The standard InChI is InChI=1S/C11H19BrN2O2/c1-5-11(15,7-16-4)6-9-10(12)8(2)13-14(9)3/h15H,5-7H2,1-4H3. The molecule has 0 radical (unpaired) electrons. The molecule has 0 aliphatic carbocycles. The van der Waals surface area contributed by atoms with Crippen LogP contribution in [0.15, 0.2) is 4.47 Å². The van der Waals surface area contributed by atoms with E-state index in [0.29, 0.717) is 19.4 Å². The van der Waals surface area contributed by atoms with Crippen LogP contribution in [-0.2, 0) is 18.2 Å². The molecule has 0 amide bonds. The van der Waals surface area contributed by atoms with Crippen LogP contribution < -0.4 is 0 Å². The Morgan fingerprint density at radius 3 is 2.56 bits per heavy atom. The zero-order chi connectivity index (χ0) is 12.3. The van der Waals surface area contributed by atoms with Crippen LogP contribution in [0.25, 0.3) is 0 Å². The minimum atomic E-state index is -0.822. The van der Waals surface area contributed by atoms with Gasteiger partial charge in [-0.25, -0.2) is 0 Å². The maximum Gasteiger partial charge on any atom is 0.0932 e. The van der Waals surface area contributed by atoms with Gasteiger partial charge in [0, 0.05) is 20.6 Å². The third-order valence-corrected chi connectivity index (χ3v) is 3.86. The van der Waals surface area contributed by atoms with Crippen LogP contribution in [0.4, 0.5) is 0 Å². The lowest BCUT2D eigenvalue weighted by molar-refractivity contribution is -0.0345. The second-order valence-electron chi connectivity index (χ2n) is 4.16. The fourth-order valence-electron chi connectivity index (χ4n) is 1.73. The topological polar surface area (TPSA) is 47.3 Å². The molecule has 0 fully saturated rings. The first-order valence-corrected chi connectivity index (χ1v) is 6.12. The Morgan fingerprint density at radius 1 is 1.56 bits per heavy atom. The average Bonchev–Trinajstić information content (AvgIpc) is 2.46. The zero-order valence-corrected chi connectivity index (χ0v) is 11.8. The first-order valence-electron chi connectivity index (χ1n) is 5.33. The fourth-order valence-corrected chi connectivity index (χ4v) is 2.21. The Bertz CT molecular complexity index is 365. The molecule has 4 nitrogen and oxygen atoms in total. The first-order chi connectivity index (χ1) is 7.43.